The molecule has 1 heterocycles. The molecular weight excluding hydrogens is 226 g/mol. The van der Waals surface area contributed by atoms with Crippen LogP contribution in [0, 0.1) is 5.92 Å². The fraction of sp³-hybridized carbons (Fsp3) is 0.533. The third-order valence-corrected chi connectivity index (χ3v) is 3.24. The molecule has 18 heavy (non-hydrogen) atoms. The minimum absolute atomic E-state index is 0.133. The van der Waals surface area contributed by atoms with Gasteiger partial charge in [-0.1, -0.05) is 19.9 Å². The van der Waals surface area contributed by atoms with Gasteiger partial charge in [0, 0.05) is 24.2 Å². The summed E-state index contributed by atoms with van der Waals surface area (Å²) < 4.78 is 5.81. The first-order valence-corrected chi connectivity index (χ1v) is 6.67. The summed E-state index contributed by atoms with van der Waals surface area (Å²) >= 11 is 0. The lowest BCUT2D eigenvalue weighted by atomic mass is 9.98. The Bertz CT molecular complexity index is 440. The van der Waals surface area contributed by atoms with Crippen LogP contribution in [0.4, 0.5) is 0 Å². The summed E-state index contributed by atoms with van der Waals surface area (Å²) in [4.78, 5) is 14.1. The Kier molecular flexibility index (Phi) is 3.90. The zero-order chi connectivity index (χ0) is 13.1. The fourth-order valence-corrected chi connectivity index (χ4v) is 2.24. The maximum absolute atomic E-state index is 12.2. The largest absolute Gasteiger partial charge is 0.493 e. The first kappa shape index (κ1) is 12.9. The third-order valence-electron chi connectivity index (χ3n) is 3.24. The summed E-state index contributed by atoms with van der Waals surface area (Å²) in [7, 11) is 0. The van der Waals surface area contributed by atoms with Crippen molar-refractivity contribution >= 4 is 5.91 Å². The van der Waals surface area contributed by atoms with Gasteiger partial charge in [-0.15, -0.1) is 0 Å². The van der Waals surface area contributed by atoms with Gasteiger partial charge in [0.15, 0.2) is 0 Å². The van der Waals surface area contributed by atoms with Gasteiger partial charge in [0.1, 0.15) is 5.75 Å². The number of hydrogen-bond donors (Lipinski definition) is 0. The van der Waals surface area contributed by atoms with Crippen LogP contribution in [-0.2, 0) is 6.42 Å². The summed E-state index contributed by atoms with van der Waals surface area (Å²) in [6.07, 6.45) is 0.892. The molecule has 0 saturated carbocycles. The fourth-order valence-electron chi connectivity index (χ4n) is 2.24. The minimum atomic E-state index is 0.133. The van der Waals surface area contributed by atoms with E-state index in [-0.39, 0.29) is 5.91 Å². The number of ether oxygens (including phenoxy) is 1. The molecule has 98 valence electrons. The number of nitrogens with zero attached hydrogens (tertiary/aromatic N) is 1. The Labute approximate surface area is 109 Å². The SMILES string of the molecule is CCN1CCc2c(OCC(C)C)cccc2C1=O. The third kappa shape index (κ3) is 2.50. The lowest BCUT2D eigenvalue weighted by Gasteiger charge is -2.28. The number of likely N-dealkylation sites (N-methyl/N-ethyl adjacent to an activating group) is 1. The summed E-state index contributed by atoms with van der Waals surface area (Å²) in [5.74, 6) is 1.51. The van der Waals surface area contributed by atoms with E-state index in [4.69, 9.17) is 4.74 Å². The molecule has 0 N–H and O–H groups in total. The van der Waals surface area contributed by atoms with Gasteiger partial charge in [-0.2, -0.15) is 0 Å². The second-order valence-corrected chi connectivity index (χ2v) is 5.12. The van der Waals surface area contributed by atoms with E-state index in [2.05, 4.69) is 13.8 Å². The lowest BCUT2D eigenvalue weighted by Crippen LogP contribution is -2.37. The van der Waals surface area contributed by atoms with Crippen molar-refractivity contribution in [1.82, 2.24) is 4.90 Å². The molecule has 0 bridgehead atoms. The van der Waals surface area contributed by atoms with Crippen LogP contribution in [-0.4, -0.2) is 30.5 Å². The summed E-state index contributed by atoms with van der Waals surface area (Å²) in [5, 5.41) is 0. The van der Waals surface area contributed by atoms with Crippen LogP contribution in [0.5, 0.6) is 5.75 Å². The number of benzene rings is 1. The molecule has 0 saturated heterocycles. The van der Waals surface area contributed by atoms with Crippen molar-refractivity contribution in [2.24, 2.45) is 5.92 Å². The molecule has 0 aromatic heterocycles. The molecule has 1 aliphatic heterocycles. The van der Waals surface area contributed by atoms with Crippen LogP contribution >= 0.6 is 0 Å². The molecular formula is C15H21NO2. The van der Waals surface area contributed by atoms with Crippen LogP contribution < -0.4 is 4.74 Å². The maximum atomic E-state index is 12.2. The van der Waals surface area contributed by atoms with Crippen molar-refractivity contribution in [1.29, 1.82) is 0 Å². The summed E-state index contributed by atoms with van der Waals surface area (Å²) in [5.41, 5.74) is 1.89. The van der Waals surface area contributed by atoms with E-state index in [1.165, 1.54) is 0 Å². The lowest BCUT2D eigenvalue weighted by molar-refractivity contribution is 0.0747. The quantitative estimate of drug-likeness (QED) is 0.818. The van der Waals surface area contributed by atoms with E-state index in [9.17, 15) is 4.79 Å². The van der Waals surface area contributed by atoms with E-state index >= 15 is 0 Å². The highest BCUT2D eigenvalue weighted by molar-refractivity contribution is 5.97. The van der Waals surface area contributed by atoms with E-state index in [0.29, 0.717) is 12.5 Å². The van der Waals surface area contributed by atoms with Gasteiger partial charge in [0.05, 0.1) is 6.61 Å². The zero-order valence-electron chi connectivity index (χ0n) is 11.4. The molecule has 0 fully saturated rings. The summed E-state index contributed by atoms with van der Waals surface area (Å²) in [6.45, 7) is 8.53. The molecule has 1 aliphatic rings. The Balaban J connectivity index is 2.26. The van der Waals surface area contributed by atoms with Crippen molar-refractivity contribution in [3.63, 3.8) is 0 Å². The van der Waals surface area contributed by atoms with E-state index in [1.54, 1.807) is 0 Å². The number of amides is 1. The number of fused-ring (bicyclic) bond motifs is 1. The average molecular weight is 247 g/mol. The molecule has 3 heteroatoms. The molecule has 1 aromatic rings. The highest BCUT2D eigenvalue weighted by Gasteiger charge is 2.25. The monoisotopic (exact) mass is 247 g/mol. The van der Waals surface area contributed by atoms with Crippen LogP contribution in [0.1, 0.15) is 36.7 Å². The van der Waals surface area contributed by atoms with Gasteiger partial charge in [0.2, 0.25) is 0 Å². The van der Waals surface area contributed by atoms with Crippen molar-refractivity contribution in [3.05, 3.63) is 29.3 Å². The van der Waals surface area contributed by atoms with Crippen molar-refractivity contribution in [3.8, 4) is 5.75 Å². The molecule has 3 nitrogen and oxygen atoms in total. The first-order valence-electron chi connectivity index (χ1n) is 6.67. The van der Waals surface area contributed by atoms with Crippen LogP contribution in [0.3, 0.4) is 0 Å². The Hall–Kier alpha value is -1.51. The van der Waals surface area contributed by atoms with Crippen molar-refractivity contribution in [2.45, 2.75) is 27.2 Å². The molecule has 0 spiro atoms. The Morgan fingerprint density at radius 3 is 2.83 bits per heavy atom. The smallest absolute Gasteiger partial charge is 0.254 e. The highest BCUT2D eigenvalue weighted by atomic mass is 16.5. The Morgan fingerprint density at radius 2 is 2.17 bits per heavy atom. The Morgan fingerprint density at radius 1 is 1.39 bits per heavy atom. The van der Waals surface area contributed by atoms with E-state index < -0.39 is 0 Å². The van der Waals surface area contributed by atoms with Gasteiger partial charge in [-0.05, 0) is 31.4 Å². The molecule has 1 amide bonds. The molecule has 2 rings (SSSR count). The zero-order valence-corrected chi connectivity index (χ0v) is 11.4. The molecule has 0 atom stereocenters. The van der Waals surface area contributed by atoms with E-state index in [1.807, 2.05) is 30.0 Å². The van der Waals surface area contributed by atoms with Crippen LogP contribution in [0.15, 0.2) is 18.2 Å². The second kappa shape index (κ2) is 5.42. The highest BCUT2D eigenvalue weighted by Crippen LogP contribution is 2.28. The van der Waals surface area contributed by atoms with Crippen LogP contribution in [0.2, 0.25) is 0 Å². The topological polar surface area (TPSA) is 29.5 Å². The van der Waals surface area contributed by atoms with Gasteiger partial charge in [-0.25, -0.2) is 0 Å². The maximum Gasteiger partial charge on any atom is 0.254 e. The second-order valence-electron chi connectivity index (χ2n) is 5.12. The van der Waals surface area contributed by atoms with Crippen LogP contribution in [0.25, 0.3) is 0 Å². The normalized spacial score (nSPS) is 14.9. The van der Waals surface area contributed by atoms with Gasteiger partial charge >= 0.3 is 0 Å². The average Bonchev–Trinajstić information content (AvgIpc) is 2.37. The number of hydrogen-bond acceptors (Lipinski definition) is 2. The number of rotatable bonds is 4. The standard InChI is InChI=1S/C15H21NO2/c1-4-16-9-8-12-13(15(16)17)6-5-7-14(12)18-10-11(2)3/h5-7,11H,4,8-10H2,1-3H3. The predicted octanol–water partition coefficient (Wildman–Crippen LogP) is 2.74. The molecule has 0 radical (unpaired) electrons. The molecule has 0 unspecified atom stereocenters. The molecule has 0 aliphatic carbocycles. The van der Waals surface area contributed by atoms with Crippen molar-refractivity contribution in [2.75, 3.05) is 19.7 Å². The minimum Gasteiger partial charge on any atom is -0.493 e. The van der Waals surface area contributed by atoms with E-state index in [0.717, 1.165) is 36.4 Å². The summed E-state index contributed by atoms with van der Waals surface area (Å²) in [6, 6.07) is 5.78. The van der Waals surface area contributed by atoms with Gasteiger partial charge in [-0.3, -0.25) is 4.79 Å². The van der Waals surface area contributed by atoms with Gasteiger partial charge < -0.3 is 9.64 Å². The van der Waals surface area contributed by atoms with Crippen molar-refractivity contribution < 1.29 is 9.53 Å². The predicted molar refractivity (Wildman–Crippen MR) is 72.1 cm³/mol. The molecule has 1 aromatic carbocycles. The van der Waals surface area contributed by atoms with Gasteiger partial charge in [0.25, 0.3) is 5.91 Å². The number of carbonyl (C=O) groups excluding carboxylic acids is 1. The number of carbonyl (C=O) groups is 1. The first-order chi connectivity index (χ1) is 8.63.